The summed E-state index contributed by atoms with van der Waals surface area (Å²) in [6.07, 6.45) is -1.15. The molecule has 3 rings (SSSR count). The van der Waals surface area contributed by atoms with Gasteiger partial charge >= 0.3 is 0 Å². The number of hydrogen-bond acceptors (Lipinski definition) is 4. The van der Waals surface area contributed by atoms with Crippen LogP contribution in [0.5, 0.6) is 0 Å². The molecule has 4 atom stereocenters. The van der Waals surface area contributed by atoms with E-state index in [1.807, 2.05) is 12.1 Å². The van der Waals surface area contributed by atoms with Crippen LogP contribution in [0, 0.1) is 0 Å². The van der Waals surface area contributed by atoms with E-state index in [0.717, 1.165) is 0 Å². The molecule has 1 N–H and O–H groups in total. The smallest absolute Gasteiger partial charge is 0.261 e. The average molecular weight is 526 g/mol. The number of rotatable bonds is 6. The minimum absolute atomic E-state index is 0.140. The molecule has 6 heteroatoms. The lowest BCUT2D eigenvalue weighted by Crippen LogP contribution is -2.69. The monoisotopic (exact) mass is 526 g/mol. The van der Waals surface area contributed by atoms with Gasteiger partial charge in [0.25, 0.3) is 8.32 Å². The number of aliphatic hydroxyl groups excluding tert-OH is 1. The van der Waals surface area contributed by atoms with Crippen molar-refractivity contribution >= 4 is 41.3 Å². The van der Waals surface area contributed by atoms with E-state index in [9.17, 15) is 5.11 Å². The normalized spacial score (nSPS) is 25.7. The van der Waals surface area contributed by atoms with Crippen LogP contribution in [0.2, 0.25) is 5.04 Å². The second-order valence-corrected chi connectivity index (χ2v) is 13.7. The van der Waals surface area contributed by atoms with Crippen LogP contribution < -0.4 is 10.4 Å². The SMILES string of the molecule is CO[C@H]1O[C@H](CI)[C@@H](O)C[C@H]1O[Si](c1ccccc1)(c1ccccc1)C(C)(C)C. The third-order valence-corrected chi connectivity index (χ3v) is 11.6. The number of hydrogen-bond donors (Lipinski definition) is 1. The van der Waals surface area contributed by atoms with Crippen LogP contribution in [0.25, 0.3) is 0 Å². The minimum Gasteiger partial charge on any atom is -0.399 e. The van der Waals surface area contributed by atoms with Gasteiger partial charge in [0.2, 0.25) is 0 Å². The highest BCUT2D eigenvalue weighted by atomic mass is 127. The predicted octanol–water partition coefficient (Wildman–Crippen LogP) is 3.49. The molecule has 2 aromatic rings. The van der Waals surface area contributed by atoms with Crippen molar-refractivity contribution in [3.63, 3.8) is 0 Å². The molecular formula is C23H31IO4Si. The van der Waals surface area contributed by atoms with Crippen molar-refractivity contribution in [3.05, 3.63) is 60.7 Å². The molecule has 0 aromatic heterocycles. The highest BCUT2D eigenvalue weighted by Crippen LogP contribution is 2.39. The maximum atomic E-state index is 10.6. The maximum absolute atomic E-state index is 10.6. The van der Waals surface area contributed by atoms with E-state index in [1.165, 1.54) is 10.4 Å². The van der Waals surface area contributed by atoms with Gasteiger partial charge in [-0.1, -0.05) is 104 Å². The van der Waals surface area contributed by atoms with Gasteiger partial charge in [-0.05, 0) is 15.4 Å². The zero-order valence-corrected chi connectivity index (χ0v) is 20.7. The van der Waals surface area contributed by atoms with Gasteiger partial charge in [0.1, 0.15) is 0 Å². The quantitative estimate of drug-likeness (QED) is 0.356. The molecule has 4 nitrogen and oxygen atoms in total. The summed E-state index contributed by atoms with van der Waals surface area (Å²) in [6.45, 7) is 6.73. The molecule has 1 aliphatic heterocycles. The first kappa shape index (κ1) is 22.9. The van der Waals surface area contributed by atoms with Gasteiger partial charge < -0.3 is 19.0 Å². The van der Waals surface area contributed by atoms with E-state index >= 15 is 0 Å². The van der Waals surface area contributed by atoms with Crippen molar-refractivity contribution < 1.29 is 19.0 Å². The van der Waals surface area contributed by atoms with Crippen molar-refractivity contribution in [1.29, 1.82) is 0 Å². The zero-order valence-electron chi connectivity index (χ0n) is 17.5. The summed E-state index contributed by atoms with van der Waals surface area (Å²) in [4.78, 5) is 0. The van der Waals surface area contributed by atoms with E-state index in [-0.39, 0.29) is 17.2 Å². The first-order valence-electron chi connectivity index (χ1n) is 10.0. The van der Waals surface area contributed by atoms with Crippen molar-refractivity contribution in [1.82, 2.24) is 0 Å². The lowest BCUT2D eigenvalue weighted by molar-refractivity contribution is -0.245. The number of ether oxygens (including phenoxy) is 2. The molecule has 1 heterocycles. The van der Waals surface area contributed by atoms with Crippen LogP contribution in [-0.2, 0) is 13.9 Å². The predicted molar refractivity (Wildman–Crippen MR) is 128 cm³/mol. The Balaban J connectivity index is 2.11. The topological polar surface area (TPSA) is 47.9 Å². The van der Waals surface area contributed by atoms with E-state index < -0.39 is 20.7 Å². The molecule has 2 aromatic carbocycles. The Morgan fingerprint density at radius 2 is 1.55 bits per heavy atom. The number of alkyl halides is 1. The molecule has 0 saturated carbocycles. The fourth-order valence-electron chi connectivity index (χ4n) is 4.22. The van der Waals surface area contributed by atoms with Crippen LogP contribution in [0.4, 0.5) is 0 Å². The summed E-state index contributed by atoms with van der Waals surface area (Å²) in [5.74, 6) is 0. The molecular weight excluding hydrogens is 495 g/mol. The summed E-state index contributed by atoms with van der Waals surface area (Å²) in [5, 5.41) is 12.9. The lowest BCUT2D eigenvalue weighted by atomic mass is 10.0. The molecule has 0 spiro atoms. The van der Waals surface area contributed by atoms with Gasteiger partial charge in [-0.2, -0.15) is 0 Å². The highest BCUT2D eigenvalue weighted by molar-refractivity contribution is 14.1. The van der Waals surface area contributed by atoms with Crippen molar-refractivity contribution in [2.45, 2.75) is 56.8 Å². The molecule has 1 aliphatic rings. The molecule has 1 fully saturated rings. The summed E-state index contributed by atoms with van der Waals surface area (Å²) in [7, 11) is -1.08. The first-order valence-corrected chi connectivity index (χ1v) is 13.5. The Labute approximate surface area is 188 Å². The number of benzene rings is 2. The lowest BCUT2D eigenvalue weighted by Gasteiger charge is -2.48. The van der Waals surface area contributed by atoms with Crippen LogP contribution in [-0.4, -0.2) is 49.6 Å². The third-order valence-electron chi connectivity index (χ3n) is 5.64. The van der Waals surface area contributed by atoms with Crippen molar-refractivity contribution in [3.8, 4) is 0 Å². The zero-order chi connectivity index (χ0) is 21.1. The van der Waals surface area contributed by atoms with Gasteiger partial charge in [0.15, 0.2) is 6.29 Å². The van der Waals surface area contributed by atoms with Crippen LogP contribution >= 0.6 is 22.6 Å². The van der Waals surface area contributed by atoms with E-state index in [1.54, 1.807) is 7.11 Å². The van der Waals surface area contributed by atoms with E-state index in [2.05, 4.69) is 91.9 Å². The van der Waals surface area contributed by atoms with Gasteiger partial charge in [-0.15, -0.1) is 0 Å². The fourth-order valence-corrected chi connectivity index (χ4v) is 9.69. The Bertz CT molecular complexity index is 726. The molecule has 158 valence electrons. The number of aliphatic hydroxyl groups is 1. The second kappa shape index (κ2) is 9.57. The summed E-state index contributed by atoms with van der Waals surface area (Å²) < 4.78 is 19.6. The average Bonchev–Trinajstić information content (AvgIpc) is 2.72. The van der Waals surface area contributed by atoms with Gasteiger partial charge in [-0.3, -0.25) is 0 Å². The first-order chi connectivity index (χ1) is 13.8. The number of halogens is 1. The van der Waals surface area contributed by atoms with Gasteiger partial charge in [0.05, 0.1) is 18.3 Å². The molecule has 0 aliphatic carbocycles. The Hall–Kier alpha value is -0.773. The van der Waals surface area contributed by atoms with E-state index in [0.29, 0.717) is 10.8 Å². The van der Waals surface area contributed by atoms with Gasteiger partial charge in [0, 0.05) is 18.0 Å². The van der Waals surface area contributed by atoms with Crippen molar-refractivity contribution in [2.75, 3.05) is 11.5 Å². The fraction of sp³-hybridized carbons (Fsp3) is 0.478. The molecule has 0 unspecified atom stereocenters. The Morgan fingerprint density at radius 1 is 1.03 bits per heavy atom. The standard InChI is InChI=1S/C23H31IO4Si/c1-23(2,3)29(17-11-7-5-8-12-17,18-13-9-6-10-14-18)28-20-15-19(25)21(16-24)27-22(20)26-4/h5-14,19-22,25H,15-16H2,1-4H3/t19-,20+,21+,22-/m0/s1. The molecule has 0 amide bonds. The Morgan fingerprint density at radius 3 is 1.97 bits per heavy atom. The molecule has 29 heavy (non-hydrogen) atoms. The van der Waals surface area contributed by atoms with E-state index in [4.69, 9.17) is 13.9 Å². The maximum Gasteiger partial charge on any atom is 0.261 e. The third kappa shape index (κ3) is 4.62. The van der Waals surface area contributed by atoms with Crippen molar-refractivity contribution in [2.24, 2.45) is 0 Å². The second-order valence-electron chi connectivity index (χ2n) is 8.56. The van der Waals surface area contributed by atoms with Crippen LogP contribution in [0.3, 0.4) is 0 Å². The molecule has 0 radical (unpaired) electrons. The number of methoxy groups -OCH3 is 1. The summed E-state index contributed by atoms with van der Waals surface area (Å²) in [5.41, 5.74) is 0. The van der Waals surface area contributed by atoms with Crippen LogP contribution in [0.15, 0.2) is 60.7 Å². The summed E-state index contributed by atoms with van der Waals surface area (Å²) in [6, 6.07) is 21.0. The minimum atomic E-state index is -2.73. The van der Waals surface area contributed by atoms with Crippen LogP contribution in [0.1, 0.15) is 27.2 Å². The van der Waals surface area contributed by atoms with Gasteiger partial charge in [-0.25, -0.2) is 0 Å². The Kier molecular flexibility index (Phi) is 7.56. The molecule has 1 saturated heterocycles. The summed E-state index contributed by atoms with van der Waals surface area (Å²) >= 11 is 2.24. The largest absolute Gasteiger partial charge is 0.399 e. The highest BCUT2D eigenvalue weighted by Gasteiger charge is 2.53. The molecule has 0 bridgehead atoms.